The zero-order valence-corrected chi connectivity index (χ0v) is 13.7. The average molecular weight is 330 g/mol. The molecule has 128 valence electrons. The van der Waals surface area contributed by atoms with Gasteiger partial charge in [0.2, 0.25) is 5.91 Å². The van der Waals surface area contributed by atoms with Crippen molar-refractivity contribution in [2.75, 3.05) is 33.4 Å². The molecule has 1 unspecified atom stereocenters. The van der Waals surface area contributed by atoms with E-state index in [9.17, 15) is 9.59 Å². The van der Waals surface area contributed by atoms with Gasteiger partial charge in [0.05, 0.1) is 12.2 Å². The number of hydrogen-bond acceptors (Lipinski definition) is 4. The van der Waals surface area contributed by atoms with E-state index in [0.717, 1.165) is 10.9 Å². The number of carbonyl (C=O) groups is 2. The quantitative estimate of drug-likeness (QED) is 0.819. The summed E-state index contributed by atoms with van der Waals surface area (Å²) in [5.74, 6) is -0.647. The maximum absolute atomic E-state index is 13.1. The van der Waals surface area contributed by atoms with Gasteiger partial charge in [-0.25, -0.2) is 0 Å². The highest BCUT2D eigenvalue weighted by Crippen LogP contribution is 2.24. The fourth-order valence-electron chi connectivity index (χ4n) is 3.15. The molecule has 3 rings (SSSR count). The van der Waals surface area contributed by atoms with E-state index in [-0.39, 0.29) is 5.91 Å². The van der Waals surface area contributed by atoms with Gasteiger partial charge >= 0.3 is 0 Å². The highest BCUT2D eigenvalue weighted by Gasteiger charge is 2.32. The van der Waals surface area contributed by atoms with Crippen LogP contribution in [0.3, 0.4) is 0 Å². The van der Waals surface area contributed by atoms with Gasteiger partial charge in [0, 0.05) is 50.4 Å². The third-order valence-corrected chi connectivity index (χ3v) is 4.39. The van der Waals surface area contributed by atoms with E-state index in [4.69, 9.17) is 10.5 Å². The van der Waals surface area contributed by atoms with Gasteiger partial charge in [0.15, 0.2) is 0 Å². The molecule has 1 atom stereocenters. The van der Waals surface area contributed by atoms with Gasteiger partial charge < -0.3 is 25.3 Å². The molecule has 24 heavy (non-hydrogen) atoms. The van der Waals surface area contributed by atoms with Crippen molar-refractivity contribution in [3.63, 3.8) is 0 Å². The Morgan fingerprint density at radius 3 is 2.92 bits per heavy atom. The largest absolute Gasteiger partial charge is 0.383 e. The Kier molecular flexibility index (Phi) is 4.82. The number of para-hydroxylation sites is 1. The summed E-state index contributed by atoms with van der Waals surface area (Å²) in [6.07, 6.45) is 1.84. The number of piperazine rings is 1. The lowest BCUT2D eigenvalue weighted by atomic mass is 10.1. The number of aromatic nitrogens is 1. The molecule has 0 bridgehead atoms. The van der Waals surface area contributed by atoms with Crippen LogP contribution in [0.2, 0.25) is 0 Å². The standard InChI is InChI=1S/C17H22N4O3/c1-24-9-8-20-11-13(12-4-2-3-5-14(12)20)17(23)21-7-6-19-10-15(21)16(18)22/h2-5,11,15,19H,6-10H2,1H3,(H2,18,22). The Labute approximate surface area is 140 Å². The Bertz CT molecular complexity index is 755. The third kappa shape index (κ3) is 3.00. The second-order valence-corrected chi connectivity index (χ2v) is 5.87. The zero-order chi connectivity index (χ0) is 17.1. The van der Waals surface area contributed by atoms with Crippen LogP contribution in [0, 0.1) is 0 Å². The minimum atomic E-state index is -0.618. The van der Waals surface area contributed by atoms with Crippen LogP contribution in [0.15, 0.2) is 30.5 Å². The molecule has 2 amide bonds. The van der Waals surface area contributed by atoms with E-state index < -0.39 is 11.9 Å². The average Bonchev–Trinajstić information content (AvgIpc) is 2.98. The number of carbonyl (C=O) groups excluding carboxylic acids is 2. The van der Waals surface area contributed by atoms with Crippen LogP contribution in [0.5, 0.6) is 0 Å². The van der Waals surface area contributed by atoms with Crippen LogP contribution in [0.25, 0.3) is 10.9 Å². The summed E-state index contributed by atoms with van der Waals surface area (Å²) in [5, 5.41) is 3.98. The molecular weight excluding hydrogens is 308 g/mol. The topological polar surface area (TPSA) is 89.6 Å². The number of fused-ring (bicyclic) bond motifs is 1. The molecule has 1 aliphatic heterocycles. The van der Waals surface area contributed by atoms with Crippen LogP contribution in [-0.4, -0.2) is 60.7 Å². The normalized spacial score (nSPS) is 18.0. The van der Waals surface area contributed by atoms with E-state index in [0.29, 0.717) is 38.3 Å². The number of rotatable bonds is 5. The molecule has 1 aromatic carbocycles. The molecule has 0 aliphatic carbocycles. The zero-order valence-electron chi connectivity index (χ0n) is 13.7. The SMILES string of the molecule is COCCn1cc(C(=O)N2CCNCC2C(N)=O)c2ccccc21. The first kappa shape index (κ1) is 16.5. The summed E-state index contributed by atoms with van der Waals surface area (Å²) in [4.78, 5) is 26.3. The lowest BCUT2D eigenvalue weighted by molar-refractivity contribution is -0.122. The van der Waals surface area contributed by atoms with E-state index in [1.165, 1.54) is 0 Å². The molecule has 3 N–H and O–H groups in total. The van der Waals surface area contributed by atoms with Crippen molar-refractivity contribution in [1.29, 1.82) is 0 Å². The Morgan fingerprint density at radius 1 is 1.38 bits per heavy atom. The fourth-order valence-corrected chi connectivity index (χ4v) is 3.15. The molecule has 1 aromatic heterocycles. The van der Waals surface area contributed by atoms with E-state index >= 15 is 0 Å². The number of hydrogen-bond donors (Lipinski definition) is 2. The molecule has 2 heterocycles. The Morgan fingerprint density at radius 2 is 2.17 bits per heavy atom. The van der Waals surface area contributed by atoms with Gasteiger partial charge in [-0.3, -0.25) is 9.59 Å². The lowest BCUT2D eigenvalue weighted by Crippen LogP contribution is -2.58. The van der Waals surface area contributed by atoms with Crippen LogP contribution in [0.4, 0.5) is 0 Å². The van der Waals surface area contributed by atoms with Crippen molar-refractivity contribution >= 4 is 22.7 Å². The third-order valence-electron chi connectivity index (χ3n) is 4.39. The van der Waals surface area contributed by atoms with Crippen molar-refractivity contribution in [2.24, 2.45) is 5.73 Å². The first-order valence-electron chi connectivity index (χ1n) is 8.01. The molecule has 7 heteroatoms. The van der Waals surface area contributed by atoms with Crippen LogP contribution < -0.4 is 11.1 Å². The van der Waals surface area contributed by atoms with Crippen LogP contribution in [0.1, 0.15) is 10.4 Å². The number of methoxy groups -OCH3 is 1. The van der Waals surface area contributed by atoms with Crippen molar-refractivity contribution in [2.45, 2.75) is 12.6 Å². The number of benzene rings is 1. The number of amides is 2. The summed E-state index contributed by atoms with van der Waals surface area (Å²) >= 11 is 0. The van der Waals surface area contributed by atoms with Gasteiger partial charge in [-0.15, -0.1) is 0 Å². The maximum atomic E-state index is 13.1. The molecule has 1 aliphatic rings. The van der Waals surface area contributed by atoms with E-state index in [2.05, 4.69) is 5.32 Å². The first-order valence-corrected chi connectivity index (χ1v) is 8.01. The minimum absolute atomic E-state index is 0.160. The van der Waals surface area contributed by atoms with Gasteiger partial charge in [-0.1, -0.05) is 18.2 Å². The number of nitrogens with zero attached hydrogens (tertiary/aromatic N) is 2. The highest BCUT2D eigenvalue weighted by molar-refractivity contribution is 6.08. The summed E-state index contributed by atoms with van der Waals surface area (Å²) < 4.78 is 7.15. The van der Waals surface area contributed by atoms with Gasteiger partial charge in [0.1, 0.15) is 6.04 Å². The summed E-state index contributed by atoms with van der Waals surface area (Å²) in [5.41, 5.74) is 7.03. The Hall–Kier alpha value is -2.38. The van der Waals surface area contributed by atoms with E-state index in [1.807, 2.05) is 35.0 Å². The van der Waals surface area contributed by atoms with Crippen molar-refractivity contribution < 1.29 is 14.3 Å². The number of primary amides is 1. The molecule has 1 fully saturated rings. The molecule has 7 nitrogen and oxygen atoms in total. The highest BCUT2D eigenvalue weighted by atomic mass is 16.5. The van der Waals surface area contributed by atoms with Gasteiger partial charge in [-0.05, 0) is 6.07 Å². The summed E-state index contributed by atoms with van der Waals surface area (Å²) in [7, 11) is 1.65. The molecular formula is C17H22N4O3. The van der Waals surface area contributed by atoms with Crippen molar-refractivity contribution in [3.8, 4) is 0 Å². The molecule has 0 radical (unpaired) electrons. The monoisotopic (exact) mass is 330 g/mol. The number of nitrogens with two attached hydrogens (primary N) is 1. The maximum Gasteiger partial charge on any atom is 0.256 e. The Balaban J connectivity index is 1.98. The second-order valence-electron chi connectivity index (χ2n) is 5.87. The van der Waals surface area contributed by atoms with Gasteiger partial charge in [0.25, 0.3) is 5.91 Å². The summed E-state index contributed by atoms with van der Waals surface area (Å²) in [6, 6.07) is 7.13. The molecule has 0 saturated carbocycles. The van der Waals surface area contributed by atoms with Gasteiger partial charge in [-0.2, -0.15) is 0 Å². The number of ether oxygens (including phenoxy) is 1. The van der Waals surface area contributed by atoms with Crippen LogP contribution in [-0.2, 0) is 16.1 Å². The second kappa shape index (κ2) is 7.02. The molecule has 2 aromatic rings. The predicted octanol–water partition coefficient (Wildman–Crippen LogP) is 0.187. The lowest BCUT2D eigenvalue weighted by Gasteiger charge is -2.34. The van der Waals surface area contributed by atoms with Crippen molar-refractivity contribution in [1.82, 2.24) is 14.8 Å². The smallest absolute Gasteiger partial charge is 0.256 e. The molecule has 1 saturated heterocycles. The first-order chi connectivity index (χ1) is 11.6. The van der Waals surface area contributed by atoms with E-state index in [1.54, 1.807) is 12.0 Å². The molecule has 0 spiro atoms. The van der Waals surface area contributed by atoms with Crippen molar-refractivity contribution in [3.05, 3.63) is 36.0 Å². The predicted molar refractivity (Wildman–Crippen MR) is 90.7 cm³/mol. The summed E-state index contributed by atoms with van der Waals surface area (Å²) in [6.45, 7) is 2.72. The van der Waals surface area contributed by atoms with Crippen LogP contribution >= 0.6 is 0 Å². The number of nitrogens with one attached hydrogen (secondary N) is 1. The fraction of sp³-hybridized carbons (Fsp3) is 0.412. The minimum Gasteiger partial charge on any atom is -0.383 e.